The van der Waals surface area contributed by atoms with Crippen LogP contribution < -0.4 is 5.32 Å². The molecule has 1 saturated carbocycles. The van der Waals surface area contributed by atoms with Crippen molar-refractivity contribution >= 4 is 17.5 Å². The van der Waals surface area contributed by atoms with Gasteiger partial charge in [-0.05, 0) is 42.4 Å². The number of nitrogens with zero attached hydrogens (tertiary/aromatic N) is 3. The molecule has 0 spiro atoms. The predicted molar refractivity (Wildman–Crippen MR) is 84.4 cm³/mol. The van der Waals surface area contributed by atoms with E-state index in [1.807, 2.05) is 19.3 Å². The lowest BCUT2D eigenvalue weighted by Gasteiger charge is -2.18. The van der Waals surface area contributed by atoms with Gasteiger partial charge in [0.05, 0.1) is 12.2 Å². The SMILES string of the molecule is Cn1cc(CCC(=O)N[C@H](c2ccc(Cl)nc2)C2CC2)cn1. The number of carbonyl (C=O) groups excluding carboxylic acids is 1. The first kappa shape index (κ1) is 15.0. The number of hydrogen-bond donors (Lipinski definition) is 1. The van der Waals surface area contributed by atoms with Crippen molar-refractivity contribution in [3.63, 3.8) is 0 Å². The van der Waals surface area contributed by atoms with E-state index in [1.54, 1.807) is 23.1 Å². The van der Waals surface area contributed by atoms with Crippen molar-refractivity contribution in [3.05, 3.63) is 47.0 Å². The van der Waals surface area contributed by atoms with Crippen LogP contribution in [0.3, 0.4) is 0 Å². The van der Waals surface area contributed by atoms with Crippen LogP contribution in [-0.4, -0.2) is 20.7 Å². The van der Waals surface area contributed by atoms with Crippen molar-refractivity contribution in [2.75, 3.05) is 0 Å². The van der Waals surface area contributed by atoms with Crippen LogP contribution in [0.25, 0.3) is 0 Å². The maximum atomic E-state index is 12.2. The van der Waals surface area contributed by atoms with Gasteiger partial charge >= 0.3 is 0 Å². The zero-order valence-electron chi connectivity index (χ0n) is 12.5. The number of hydrogen-bond acceptors (Lipinski definition) is 3. The maximum absolute atomic E-state index is 12.2. The van der Waals surface area contributed by atoms with Crippen LogP contribution in [-0.2, 0) is 18.3 Å². The Labute approximate surface area is 134 Å². The van der Waals surface area contributed by atoms with E-state index in [0.29, 0.717) is 23.9 Å². The maximum Gasteiger partial charge on any atom is 0.220 e. The molecule has 0 radical (unpaired) electrons. The number of amides is 1. The third-order valence-corrected chi connectivity index (χ3v) is 4.14. The molecular weight excluding hydrogens is 300 g/mol. The summed E-state index contributed by atoms with van der Waals surface area (Å²) in [6, 6.07) is 3.76. The second-order valence-electron chi connectivity index (χ2n) is 5.82. The summed E-state index contributed by atoms with van der Waals surface area (Å²) in [5.74, 6) is 0.584. The van der Waals surface area contributed by atoms with Crippen LogP contribution in [0.5, 0.6) is 0 Å². The Balaban J connectivity index is 1.59. The fraction of sp³-hybridized carbons (Fsp3) is 0.438. The average Bonchev–Trinajstić information content (AvgIpc) is 3.26. The second-order valence-corrected chi connectivity index (χ2v) is 6.21. The molecule has 0 saturated heterocycles. The van der Waals surface area contributed by atoms with Gasteiger partial charge in [-0.15, -0.1) is 0 Å². The van der Waals surface area contributed by atoms with Crippen molar-refractivity contribution in [1.82, 2.24) is 20.1 Å². The van der Waals surface area contributed by atoms with Crippen molar-refractivity contribution in [2.24, 2.45) is 13.0 Å². The van der Waals surface area contributed by atoms with Gasteiger partial charge in [-0.1, -0.05) is 17.7 Å². The zero-order valence-corrected chi connectivity index (χ0v) is 13.3. The largest absolute Gasteiger partial charge is 0.349 e. The first-order chi connectivity index (χ1) is 10.6. The molecule has 5 nitrogen and oxygen atoms in total. The third-order valence-electron chi connectivity index (χ3n) is 3.92. The van der Waals surface area contributed by atoms with Crippen LogP contribution in [0.4, 0.5) is 0 Å². The number of aryl methyl sites for hydroxylation is 2. The van der Waals surface area contributed by atoms with Crippen LogP contribution >= 0.6 is 11.6 Å². The molecule has 22 heavy (non-hydrogen) atoms. The highest BCUT2D eigenvalue weighted by Gasteiger charge is 2.33. The molecule has 0 aliphatic heterocycles. The lowest BCUT2D eigenvalue weighted by Crippen LogP contribution is -2.30. The minimum Gasteiger partial charge on any atom is -0.349 e. The number of aromatic nitrogens is 3. The van der Waals surface area contributed by atoms with Crippen molar-refractivity contribution in [1.29, 1.82) is 0 Å². The summed E-state index contributed by atoms with van der Waals surface area (Å²) in [5.41, 5.74) is 2.11. The molecule has 1 aliphatic rings. The van der Waals surface area contributed by atoms with E-state index >= 15 is 0 Å². The number of halogens is 1. The van der Waals surface area contributed by atoms with Crippen LogP contribution in [0, 0.1) is 5.92 Å². The molecule has 1 amide bonds. The highest BCUT2D eigenvalue weighted by atomic mass is 35.5. The lowest BCUT2D eigenvalue weighted by molar-refractivity contribution is -0.122. The van der Waals surface area contributed by atoms with E-state index < -0.39 is 0 Å². The van der Waals surface area contributed by atoms with Gasteiger partial charge in [-0.2, -0.15) is 5.10 Å². The van der Waals surface area contributed by atoms with Crippen molar-refractivity contribution in [2.45, 2.75) is 31.7 Å². The smallest absolute Gasteiger partial charge is 0.220 e. The Bertz CT molecular complexity index is 648. The molecule has 0 bridgehead atoms. The number of pyridine rings is 1. The summed E-state index contributed by atoms with van der Waals surface area (Å²) < 4.78 is 1.75. The Morgan fingerprint density at radius 2 is 2.27 bits per heavy atom. The van der Waals surface area contributed by atoms with Gasteiger partial charge in [-0.25, -0.2) is 4.98 Å². The Hall–Kier alpha value is -1.88. The molecule has 0 unspecified atom stereocenters. The summed E-state index contributed by atoms with van der Waals surface area (Å²) in [5, 5.41) is 7.73. The molecule has 1 N–H and O–H groups in total. The number of rotatable bonds is 6. The molecule has 2 aromatic heterocycles. The quantitative estimate of drug-likeness (QED) is 0.833. The first-order valence-corrected chi connectivity index (χ1v) is 7.88. The summed E-state index contributed by atoms with van der Waals surface area (Å²) in [6.45, 7) is 0. The molecule has 2 aromatic rings. The van der Waals surface area contributed by atoms with E-state index in [-0.39, 0.29) is 11.9 Å². The Kier molecular flexibility index (Phi) is 4.43. The summed E-state index contributed by atoms with van der Waals surface area (Å²) in [7, 11) is 1.88. The molecule has 116 valence electrons. The van der Waals surface area contributed by atoms with Crippen LogP contribution in [0.2, 0.25) is 5.15 Å². The first-order valence-electron chi connectivity index (χ1n) is 7.50. The Morgan fingerprint density at radius 1 is 1.45 bits per heavy atom. The molecule has 1 fully saturated rings. The number of carbonyl (C=O) groups is 1. The predicted octanol–water partition coefficient (Wildman–Crippen LogP) is 2.67. The van der Waals surface area contributed by atoms with Gasteiger partial charge in [0.25, 0.3) is 0 Å². The normalized spacial score (nSPS) is 15.5. The van der Waals surface area contributed by atoms with Gasteiger partial charge in [0, 0.05) is 25.9 Å². The summed E-state index contributed by atoms with van der Waals surface area (Å²) in [4.78, 5) is 16.3. The molecular formula is C16H19ClN4O. The fourth-order valence-electron chi connectivity index (χ4n) is 2.58. The number of nitrogens with one attached hydrogen (secondary N) is 1. The molecule has 2 heterocycles. The zero-order chi connectivity index (χ0) is 15.5. The fourth-order valence-corrected chi connectivity index (χ4v) is 2.69. The van der Waals surface area contributed by atoms with Gasteiger partial charge in [0.1, 0.15) is 5.15 Å². The molecule has 1 aliphatic carbocycles. The second kappa shape index (κ2) is 6.48. The van der Waals surface area contributed by atoms with E-state index in [1.165, 1.54) is 0 Å². The van der Waals surface area contributed by atoms with E-state index in [0.717, 1.165) is 24.0 Å². The van der Waals surface area contributed by atoms with Gasteiger partial charge < -0.3 is 5.32 Å². The molecule has 1 atom stereocenters. The highest BCUT2D eigenvalue weighted by molar-refractivity contribution is 6.29. The van der Waals surface area contributed by atoms with Crippen LogP contribution in [0.15, 0.2) is 30.7 Å². The van der Waals surface area contributed by atoms with Crippen molar-refractivity contribution < 1.29 is 4.79 Å². The molecule has 0 aromatic carbocycles. The minimum absolute atomic E-state index is 0.0474. The molecule has 3 rings (SSSR count). The van der Waals surface area contributed by atoms with E-state index in [2.05, 4.69) is 15.4 Å². The minimum atomic E-state index is 0.0474. The standard InChI is InChI=1S/C16H19ClN4O/c1-21-10-11(8-19-21)2-7-15(22)20-16(12-3-4-12)13-5-6-14(17)18-9-13/h5-6,8-10,12,16H,2-4,7H2,1H3,(H,20,22)/t16-/m0/s1. The van der Waals surface area contributed by atoms with Crippen LogP contribution in [0.1, 0.15) is 36.4 Å². The van der Waals surface area contributed by atoms with Crippen molar-refractivity contribution in [3.8, 4) is 0 Å². The van der Waals surface area contributed by atoms with Gasteiger partial charge in [0.2, 0.25) is 5.91 Å². The van der Waals surface area contributed by atoms with Gasteiger partial charge in [-0.3, -0.25) is 9.48 Å². The lowest BCUT2D eigenvalue weighted by atomic mass is 10.0. The summed E-state index contributed by atoms with van der Waals surface area (Å²) >= 11 is 5.83. The molecule has 6 heteroatoms. The Morgan fingerprint density at radius 3 is 2.86 bits per heavy atom. The van der Waals surface area contributed by atoms with Gasteiger partial charge in [0.15, 0.2) is 0 Å². The summed E-state index contributed by atoms with van der Waals surface area (Å²) in [6.07, 6.45) is 8.97. The monoisotopic (exact) mass is 318 g/mol. The van der Waals surface area contributed by atoms with E-state index in [9.17, 15) is 4.79 Å². The average molecular weight is 319 g/mol. The highest BCUT2D eigenvalue weighted by Crippen LogP contribution is 2.41. The third kappa shape index (κ3) is 3.85. The topological polar surface area (TPSA) is 59.8 Å². The van der Waals surface area contributed by atoms with E-state index in [4.69, 9.17) is 11.6 Å².